The van der Waals surface area contributed by atoms with E-state index in [1.807, 2.05) is 12.1 Å². The van der Waals surface area contributed by atoms with Crippen LogP contribution in [0.2, 0.25) is 0 Å². The molecule has 2 nitrogen and oxygen atoms in total. The van der Waals surface area contributed by atoms with Crippen LogP contribution < -0.4 is 4.74 Å². The number of rotatable bonds is 2. The molecule has 0 radical (unpaired) electrons. The van der Waals surface area contributed by atoms with Gasteiger partial charge in [-0.15, -0.1) is 0 Å². The zero-order chi connectivity index (χ0) is 15.0. The Morgan fingerprint density at radius 3 is 2.67 bits per heavy atom. The Kier molecular flexibility index (Phi) is 3.97. The number of benzene rings is 1. The van der Waals surface area contributed by atoms with Crippen molar-refractivity contribution < 1.29 is 9.84 Å². The third-order valence-electron chi connectivity index (χ3n) is 5.74. The maximum absolute atomic E-state index is 9.92. The number of aryl methyl sites for hydroxylation is 1. The number of methoxy groups -OCH3 is 1. The van der Waals surface area contributed by atoms with Gasteiger partial charge in [0.25, 0.3) is 0 Å². The molecule has 3 atom stereocenters. The fourth-order valence-electron chi connectivity index (χ4n) is 4.47. The lowest BCUT2D eigenvalue weighted by atomic mass is 9.73. The average molecular weight is 286 g/mol. The molecule has 1 saturated carbocycles. The standard InChI is InChI=1S/C19H26O2/c1-4-13-7-8-17(12(13)2)15-6-5-14-10-18(20)19(21-3)11-16(14)9-15/h4,10-12,15,17,20H,5-9H2,1-3H3/b13-4-. The van der Waals surface area contributed by atoms with E-state index in [2.05, 4.69) is 19.9 Å². The molecule has 0 aromatic heterocycles. The molecule has 2 heteroatoms. The second-order valence-corrected chi connectivity index (χ2v) is 6.65. The normalized spacial score (nSPS) is 30.4. The SMILES string of the molecule is C/C=C1/CCC(C2CCc3cc(O)c(OC)cc3C2)C1C. The lowest BCUT2D eigenvalue weighted by molar-refractivity contribution is 0.260. The molecule has 0 amide bonds. The monoisotopic (exact) mass is 286 g/mol. The zero-order valence-corrected chi connectivity index (χ0v) is 13.4. The van der Waals surface area contributed by atoms with Crippen molar-refractivity contribution in [3.8, 4) is 11.5 Å². The molecule has 1 N–H and O–H groups in total. The van der Waals surface area contributed by atoms with Crippen LogP contribution in [-0.2, 0) is 12.8 Å². The van der Waals surface area contributed by atoms with Crippen LogP contribution in [-0.4, -0.2) is 12.2 Å². The molecule has 0 aliphatic heterocycles. The van der Waals surface area contributed by atoms with Crippen LogP contribution in [0.15, 0.2) is 23.8 Å². The number of phenols is 1. The quantitative estimate of drug-likeness (QED) is 0.811. The molecular formula is C19H26O2. The second-order valence-electron chi connectivity index (χ2n) is 6.65. The largest absolute Gasteiger partial charge is 0.504 e. The zero-order valence-electron chi connectivity index (χ0n) is 13.4. The van der Waals surface area contributed by atoms with Crippen LogP contribution in [0.25, 0.3) is 0 Å². The van der Waals surface area contributed by atoms with Crippen molar-refractivity contribution in [2.24, 2.45) is 17.8 Å². The minimum absolute atomic E-state index is 0.278. The van der Waals surface area contributed by atoms with Crippen LogP contribution in [0.5, 0.6) is 11.5 Å². The van der Waals surface area contributed by atoms with E-state index < -0.39 is 0 Å². The molecule has 0 saturated heterocycles. The lowest BCUT2D eigenvalue weighted by Gasteiger charge is -2.32. The third-order valence-corrected chi connectivity index (χ3v) is 5.74. The molecule has 1 aromatic rings. The van der Waals surface area contributed by atoms with Crippen molar-refractivity contribution in [2.75, 3.05) is 7.11 Å². The number of ether oxygens (including phenoxy) is 1. The molecule has 0 heterocycles. The summed E-state index contributed by atoms with van der Waals surface area (Å²) in [4.78, 5) is 0. The van der Waals surface area contributed by atoms with Gasteiger partial charge in [-0.1, -0.05) is 18.6 Å². The predicted octanol–water partition coefficient (Wildman–Crippen LogP) is 4.50. The average Bonchev–Trinajstić information content (AvgIpc) is 2.87. The summed E-state index contributed by atoms with van der Waals surface area (Å²) in [5.74, 6) is 3.23. The van der Waals surface area contributed by atoms with E-state index in [9.17, 15) is 5.11 Å². The topological polar surface area (TPSA) is 29.5 Å². The molecule has 21 heavy (non-hydrogen) atoms. The first-order valence-corrected chi connectivity index (χ1v) is 8.17. The van der Waals surface area contributed by atoms with Gasteiger partial charge in [0.1, 0.15) is 0 Å². The lowest BCUT2D eigenvalue weighted by Crippen LogP contribution is -2.24. The molecule has 2 aliphatic rings. The molecule has 114 valence electrons. The van der Waals surface area contributed by atoms with E-state index in [-0.39, 0.29) is 5.75 Å². The van der Waals surface area contributed by atoms with E-state index in [1.54, 1.807) is 12.7 Å². The summed E-state index contributed by atoms with van der Waals surface area (Å²) < 4.78 is 5.27. The predicted molar refractivity (Wildman–Crippen MR) is 85.8 cm³/mol. The second kappa shape index (κ2) is 5.75. The fourth-order valence-corrected chi connectivity index (χ4v) is 4.47. The Morgan fingerprint density at radius 1 is 1.19 bits per heavy atom. The summed E-state index contributed by atoms with van der Waals surface area (Å²) in [6, 6.07) is 3.95. The molecule has 0 spiro atoms. The van der Waals surface area contributed by atoms with Gasteiger partial charge < -0.3 is 9.84 Å². The number of allylic oxidation sites excluding steroid dienone is 2. The summed E-state index contributed by atoms with van der Waals surface area (Å²) >= 11 is 0. The summed E-state index contributed by atoms with van der Waals surface area (Å²) in [6.45, 7) is 4.58. The Bertz CT molecular complexity index is 559. The number of hydrogen-bond donors (Lipinski definition) is 1. The third kappa shape index (κ3) is 2.56. The highest BCUT2D eigenvalue weighted by molar-refractivity contribution is 5.47. The van der Waals surface area contributed by atoms with Gasteiger partial charge in [0.05, 0.1) is 7.11 Å². The maximum atomic E-state index is 9.92. The highest BCUT2D eigenvalue weighted by Crippen LogP contribution is 2.45. The van der Waals surface area contributed by atoms with Crippen LogP contribution in [0.4, 0.5) is 0 Å². The van der Waals surface area contributed by atoms with Crippen molar-refractivity contribution >= 4 is 0 Å². The van der Waals surface area contributed by atoms with Crippen LogP contribution >= 0.6 is 0 Å². The van der Waals surface area contributed by atoms with E-state index in [0.717, 1.165) is 30.6 Å². The van der Waals surface area contributed by atoms with Gasteiger partial charge in [0.15, 0.2) is 11.5 Å². The molecular weight excluding hydrogens is 260 g/mol. The summed E-state index contributed by atoms with van der Waals surface area (Å²) in [6.07, 6.45) is 8.43. The summed E-state index contributed by atoms with van der Waals surface area (Å²) in [5, 5.41) is 9.92. The molecule has 3 rings (SSSR count). The van der Waals surface area contributed by atoms with Crippen molar-refractivity contribution in [3.63, 3.8) is 0 Å². The van der Waals surface area contributed by atoms with Gasteiger partial charge >= 0.3 is 0 Å². The first-order valence-electron chi connectivity index (χ1n) is 8.17. The Hall–Kier alpha value is -1.44. The first-order chi connectivity index (χ1) is 10.1. The maximum Gasteiger partial charge on any atom is 0.160 e. The molecule has 3 unspecified atom stereocenters. The minimum atomic E-state index is 0.278. The van der Waals surface area contributed by atoms with Crippen LogP contribution in [0, 0.1) is 17.8 Å². The van der Waals surface area contributed by atoms with Gasteiger partial charge in [-0.2, -0.15) is 0 Å². The highest BCUT2D eigenvalue weighted by Gasteiger charge is 2.35. The van der Waals surface area contributed by atoms with Gasteiger partial charge in [-0.05, 0) is 80.0 Å². The van der Waals surface area contributed by atoms with Crippen LogP contribution in [0.3, 0.4) is 0 Å². The van der Waals surface area contributed by atoms with E-state index in [1.165, 1.54) is 30.4 Å². The molecule has 1 aromatic carbocycles. The van der Waals surface area contributed by atoms with E-state index in [4.69, 9.17) is 4.74 Å². The van der Waals surface area contributed by atoms with Gasteiger partial charge in [-0.25, -0.2) is 0 Å². The molecule has 1 fully saturated rings. The Labute approximate surface area is 127 Å². The Morgan fingerprint density at radius 2 is 2.00 bits per heavy atom. The Balaban J connectivity index is 1.81. The van der Waals surface area contributed by atoms with E-state index in [0.29, 0.717) is 5.75 Å². The highest BCUT2D eigenvalue weighted by atomic mass is 16.5. The summed E-state index contributed by atoms with van der Waals surface area (Å²) in [7, 11) is 1.62. The number of hydrogen-bond acceptors (Lipinski definition) is 2. The van der Waals surface area contributed by atoms with Gasteiger partial charge in [0.2, 0.25) is 0 Å². The number of phenolic OH excluding ortho intramolecular Hbond substituents is 1. The number of aromatic hydroxyl groups is 1. The summed E-state index contributed by atoms with van der Waals surface area (Å²) in [5.41, 5.74) is 4.33. The first kappa shape index (κ1) is 14.5. The van der Waals surface area contributed by atoms with Crippen LogP contribution in [0.1, 0.15) is 44.2 Å². The van der Waals surface area contributed by atoms with Crippen molar-refractivity contribution in [1.29, 1.82) is 0 Å². The van der Waals surface area contributed by atoms with Gasteiger partial charge in [0, 0.05) is 0 Å². The molecule has 0 bridgehead atoms. The van der Waals surface area contributed by atoms with Crippen molar-refractivity contribution in [1.82, 2.24) is 0 Å². The fraction of sp³-hybridized carbons (Fsp3) is 0.579. The number of fused-ring (bicyclic) bond motifs is 1. The smallest absolute Gasteiger partial charge is 0.160 e. The van der Waals surface area contributed by atoms with E-state index >= 15 is 0 Å². The minimum Gasteiger partial charge on any atom is -0.504 e. The van der Waals surface area contributed by atoms with Crippen molar-refractivity contribution in [2.45, 2.75) is 46.0 Å². The van der Waals surface area contributed by atoms with Crippen molar-refractivity contribution in [3.05, 3.63) is 34.9 Å². The molecule has 2 aliphatic carbocycles. The van der Waals surface area contributed by atoms with Gasteiger partial charge in [-0.3, -0.25) is 0 Å².